The first-order valence-corrected chi connectivity index (χ1v) is 10.9. The summed E-state index contributed by atoms with van der Waals surface area (Å²) in [4.78, 5) is 35.1. The number of fused-ring (bicyclic) bond motifs is 1. The summed E-state index contributed by atoms with van der Waals surface area (Å²) in [6.07, 6.45) is 4.54. The van der Waals surface area contributed by atoms with Crippen LogP contribution in [0.1, 0.15) is 41.3 Å². The molecule has 3 heterocycles. The van der Waals surface area contributed by atoms with Crippen LogP contribution in [0, 0.1) is 17.1 Å². The third-order valence-corrected chi connectivity index (χ3v) is 6.18. The summed E-state index contributed by atoms with van der Waals surface area (Å²) in [5.41, 5.74) is 2.09. The summed E-state index contributed by atoms with van der Waals surface area (Å²) in [5, 5.41) is 12.6. The molecular weight excluding hydrogens is 433 g/mol. The molecule has 1 N–H and O–H groups in total. The second-order valence-electron chi connectivity index (χ2n) is 8.33. The Bertz CT molecular complexity index is 1510. The number of carbonyl (C=O) groups excluding carboxylic acids is 1. The number of rotatable bonds is 5. The van der Waals surface area contributed by atoms with Gasteiger partial charge in [0.2, 0.25) is 0 Å². The normalized spacial score (nSPS) is 13.9. The summed E-state index contributed by atoms with van der Waals surface area (Å²) in [7, 11) is 0. The van der Waals surface area contributed by atoms with E-state index in [1.807, 2.05) is 19.1 Å². The van der Waals surface area contributed by atoms with Gasteiger partial charge in [-0.05, 0) is 61.7 Å². The zero-order chi connectivity index (χ0) is 23.9. The molecule has 3 aromatic heterocycles. The number of hydrogen-bond acceptors (Lipinski definition) is 5. The number of hydrogen-bond donors (Lipinski definition) is 1. The van der Waals surface area contributed by atoms with E-state index in [0.29, 0.717) is 34.4 Å². The van der Waals surface area contributed by atoms with Gasteiger partial charge in [-0.25, -0.2) is 9.37 Å². The van der Waals surface area contributed by atoms with Gasteiger partial charge in [0.25, 0.3) is 11.5 Å². The highest BCUT2D eigenvalue weighted by Gasteiger charge is 2.46. The fourth-order valence-corrected chi connectivity index (χ4v) is 4.16. The number of halogens is 1. The van der Waals surface area contributed by atoms with Crippen molar-refractivity contribution in [2.45, 2.75) is 31.8 Å². The number of nitrogens with zero attached hydrogens (tertiary/aromatic N) is 4. The standard InChI is InChI=1S/C26H20FN5O2/c1-2-32-23-17(11-18(15-30-23)22-8-3-16(13-28)14-29-22)12-21(25(32)34)24(33)31-26(9-10-26)19-4-6-20(27)7-5-19/h3-8,11-12,14-15H,2,9-10H2,1H3,(H,31,33). The SMILES string of the molecule is CCn1c(=O)c(C(=O)NC2(c3ccc(F)cc3)CC2)cc2cc(-c3ccc(C#N)cn3)cnc21. The molecule has 8 heteroatoms. The third kappa shape index (κ3) is 3.71. The molecule has 168 valence electrons. The van der Waals surface area contributed by atoms with E-state index in [1.165, 1.54) is 22.9 Å². The Morgan fingerprint density at radius 3 is 2.53 bits per heavy atom. The van der Waals surface area contributed by atoms with Crippen molar-refractivity contribution in [3.8, 4) is 17.3 Å². The molecule has 1 saturated carbocycles. The quantitative estimate of drug-likeness (QED) is 0.494. The maximum Gasteiger partial charge on any atom is 0.265 e. The van der Waals surface area contributed by atoms with Gasteiger partial charge in [-0.2, -0.15) is 5.26 Å². The van der Waals surface area contributed by atoms with Crippen LogP contribution in [0.4, 0.5) is 4.39 Å². The van der Waals surface area contributed by atoms with E-state index in [-0.39, 0.29) is 11.4 Å². The van der Waals surface area contributed by atoms with Gasteiger partial charge in [-0.15, -0.1) is 0 Å². The Morgan fingerprint density at radius 2 is 1.91 bits per heavy atom. The van der Waals surface area contributed by atoms with Gasteiger partial charge >= 0.3 is 0 Å². The van der Waals surface area contributed by atoms with E-state index >= 15 is 0 Å². The maximum absolute atomic E-state index is 13.3. The summed E-state index contributed by atoms with van der Waals surface area (Å²) >= 11 is 0. The van der Waals surface area contributed by atoms with Gasteiger partial charge < -0.3 is 5.32 Å². The van der Waals surface area contributed by atoms with Crippen LogP contribution in [-0.2, 0) is 12.1 Å². The van der Waals surface area contributed by atoms with Crippen molar-refractivity contribution in [3.05, 3.63) is 93.8 Å². The van der Waals surface area contributed by atoms with Crippen molar-refractivity contribution < 1.29 is 9.18 Å². The van der Waals surface area contributed by atoms with Crippen LogP contribution >= 0.6 is 0 Å². The number of benzene rings is 1. The Morgan fingerprint density at radius 1 is 1.15 bits per heavy atom. The van der Waals surface area contributed by atoms with Crippen LogP contribution in [0.25, 0.3) is 22.3 Å². The molecule has 0 spiro atoms. The van der Waals surface area contributed by atoms with Gasteiger partial charge in [-0.3, -0.25) is 19.1 Å². The summed E-state index contributed by atoms with van der Waals surface area (Å²) in [6, 6.07) is 14.9. The molecule has 5 rings (SSSR count). The third-order valence-electron chi connectivity index (χ3n) is 6.18. The summed E-state index contributed by atoms with van der Waals surface area (Å²) in [5.74, 6) is -0.816. The smallest absolute Gasteiger partial charge is 0.265 e. The monoisotopic (exact) mass is 453 g/mol. The van der Waals surface area contributed by atoms with E-state index in [0.717, 1.165) is 18.4 Å². The average molecular weight is 453 g/mol. The number of nitrogens with one attached hydrogen (secondary N) is 1. The zero-order valence-corrected chi connectivity index (χ0v) is 18.4. The number of aryl methyl sites for hydroxylation is 1. The van der Waals surface area contributed by atoms with Crippen molar-refractivity contribution in [2.24, 2.45) is 0 Å². The van der Waals surface area contributed by atoms with Crippen molar-refractivity contribution in [1.29, 1.82) is 5.26 Å². The molecule has 1 aliphatic rings. The summed E-state index contributed by atoms with van der Waals surface area (Å²) in [6.45, 7) is 2.17. The molecule has 7 nitrogen and oxygen atoms in total. The highest BCUT2D eigenvalue weighted by Crippen LogP contribution is 2.45. The average Bonchev–Trinajstić information content (AvgIpc) is 3.64. The first-order chi connectivity index (χ1) is 16.4. The Hall–Kier alpha value is -4.38. The van der Waals surface area contributed by atoms with E-state index in [9.17, 15) is 14.0 Å². The van der Waals surface area contributed by atoms with Crippen LogP contribution in [0.15, 0.2) is 65.7 Å². The van der Waals surface area contributed by atoms with Crippen LogP contribution in [0.3, 0.4) is 0 Å². The number of nitriles is 1. The van der Waals surface area contributed by atoms with Gasteiger partial charge in [0.05, 0.1) is 16.8 Å². The van der Waals surface area contributed by atoms with E-state index < -0.39 is 17.0 Å². The van der Waals surface area contributed by atoms with Gasteiger partial charge in [0.1, 0.15) is 23.1 Å². The molecule has 1 fully saturated rings. The molecule has 0 aliphatic heterocycles. The molecule has 0 unspecified atom stereocenters. The molecular formula is C26H20FN5O2. The largest absolute Gasteiger partial charge is 0.342 e. The fourth-order valence-electron chi connectivity index (χ4n) is 4.16. The second-order valence-corrected chi connectivity index (χ2v) is 8.33. The van der Waals surface area contributed by atoms with E-state index in [2.05, 4.69) is 15.3 Å². The van der Waals surface area contributed by atoms with Gasteiger partial charge in [-0.1, -0.05) is 12.1 Å². The lowest BCUT2D eigenvalue weighted by molar-refractivity contribution is 0.0929. The molecule has 0 bridgehead atoms. The van der Waals surface area contributed by atoms with Gasteiger partial charge in [0.15, 0.2) is 0 Å². The van der Waals surface area contributed by atoms with E-state index in [1.54, 1.807) is 36.5 Å². The summed E-state index contributed by atoms with van der Waals surface area (Å²) < 4.78 is 14.8. The number of carbonyl (C=O) groups is 1. The van der Waals surface area contributed by atoms with Crippen molar-refractivity contribution in [1.82, 2.24) is 19.9 Å². The van der Waals surface area contributed by atoms with Crippen LogP contribution in [0.2, 0.25) is 0 Å². The lowest BCUT2D eigenvalue weighted by Gasteiger charge is -2.19. The van der Waals surface area contributed by atoms with Crippen molar-refractivity contribution >= 4 is 16.9 Å². The van der Waals surface area contributed by atoms with Crippen LogP contribution < -0.4 is 10.9 Å². The highest BCUT2D eigenvalue weighted by molar-refractivity contribution is 5.98. The predicted molar refractivity (Wildman–Crippen MR) is 124 cm³/mol. The first kappa shape index (κ1) is 21.5. The van der Waals surface area contributed by atoms with Gasteiger partial charge in [0, 0.05) is 29.9 Å². The lowest BCUT2D eigenvalue weighted by atomic mass is 10.0. The molecule has 1 aromatic carbocycles. The highest BCUT2D eigenvalue weighted by atomic mass is 19.1. The molecule has 0 saturated heterocycles. The predicted octanol–water partition coefficient (Wildman–Crippen LogP) is 3.91. The van der Waals surface area contributed by atoms with Crippen LogP contribution in [0.5, 0.6) is 0 Å². The fraction of sp³-hybridized carbons (Fsp3) is 0.192. The lowest BCUT2D eigenvalue weighted by Crippen LogP contribution is -2.39. The molecule has 4 aromatic rings. The number of aromatic nitrogens is 3. The number of amides is 1. The second kappa shape index (κ2) is 8.19. The first-order valence-electron chi connectivity index (χ1n) is 10.9. The minimum Gasteiger partial charge on any atom is -0.342 e. The number of pyridine rings is 3. The van der Waals surface area contributed by atoms with Crippen molar-refractivity contribution in [2.75, 3.05) is 0 Å². The van der Waals surface area contributed by atoms with Crippen molar-refractivity contribution in [3.63, 3.8) is 0 Å². The maximum atomic E-state index is 13.3. The molecule has 34 heavy (non-hydrogen) atoms. The molecule has 1 amide bonds. The van der Waals surface area contributed by atoms with Crippen LogP contribution in [-0.4, -0.2) is 20.4 Å². The zero-order valence-electron chi connectivity index (χ0n) is 18.4. The Kier molecular flexibility index (Phi) is 5.17. The Balaban J connectivity index is 1.54. The molecule has 0 radical (unpaired) electrons. The molecule has 1 aliphatic carbocycles. The molecule has 0 atom stereocenters. The Labute approximate surface area is 194 Å². The minimum atomic E-state index is -0.588. The van der Waals surface area contributed by atoms with E-state index in [4.69, 9.17) is 5.26 Å². The topological polar surface area (TPSA) is 101 Å². The minimum absolute atomic E-state index is 0.0227.